The van der Waals surface area contributed by atoms with Gasteiger partial charge in [-0.1, -0.05) is 13.0 Å². The molecule has 0 radical (unpaired) electrons. The number of imidazole rings is 1. The van der Waals surface area contributed by atoms with Crippen LogP contribution in [0.3, 0.4) is 0 Å². The second-order valence-electron chi connectivity index (χ2n) is 7.80. The number of amides is 2. The van der Waals surface area contributed by atoms with Gasteiger partial charge in [0, 0.05) is 32.4 Å². The number of ether oxygens (including phenoxy) is 1. The average molecular weight is 372 g/mol. The van der Waals surface area contributed by atoms with Crippen molar-refractivity contribution in [3.8, 4) is 0 Å². The first-order valence-electron chi connectivity index (χ1n) is 9.53. The van der Waals surface area contributed by atoms with Gasteiger partial charge in [0.2, 0.25) is 0 Å². The quantitative estimate of drug-likeness (QED) is 0.813. The lowest BCUT2D eigenvalue weighted by Crippen LogP contribution is -2.40. The number of aryl methyl sites for hydroxylation is 1. The van der Waals surface area contributed by atoms with Gasteiger partial charge in [-0.15, -0.1) is 0 Å². The van der Waals surface area contributed by atoms with Crippen LogP contribution in [0.1, 0.15) is 50.3 Å². The summed E-state index contributed by atoms with van der Waals surface area (Å²) in [6, 6.07) is 5.72. The van der Waals surface area contributed by atoms with E-state index in [1.54, 1.807) is 4.90 Å². The van der Waals surface area contributed by atoms with Gasteiger partial charge in [-0.3, -0.25) is 9.20 Å². The van der Waals surface area contributed by atoms with E-state index in [2.05, 4.69) is 4.98 Å². The van der Waals surface area contributed by atoms with E-state index in [1.807, 2.05) is 61.4 Å². The summed E-state index contributed by atoms with van der Waals surface area (Å²) in [5.41, 5.74) is 1.69. The van der Waals surface area contributed by atoms with Crippen LogP contribution in [0.5, 0.6) is 0 Å². The summed E-state index contributed by atoms with van der Waals surface area (Å²) < 4.78 is 7.32. The zero-order chi connectivity index (χ0) is 19.6. The lowest BCUT2D eigenvalue weighted by atomic mass is 10.2. The van der Waals surface area contributed by atoms with Crippen LogP contribution in [0.25, 0.3) is 5.65 Å². The minimum absolute atomic E-state index is 0.0309. The Morgan fingerprint density at radius 2 is 1.81 bits per heavy atom. The molecule has 0 atom stereocenters. The summed E-state index contributed by atoms with van der Waals surface area (Å²) in [6.45, 7) is 9.74. The highest BCUT2D eigenvalue weighted by Crippen LogP contribution is 2.18. The first-order chi connectivity index (χ1) is 12.8. The number of nitrogens with zero attached hydrogens (tertiary/aromatic N) is 4. The Kier molecular flexibility index (Phi) is 5.39. The fourth-order valence-corrected chi connectivity index (χ4v) is 3.30. The van der Waals surface area contributed by atoms with Gasteiger partial charge in [0.25, 0.3) is 5.91 Å². The summed E-state index contributed by atoms with van der Waals surface area (Å²) in [5.74, 6) is -0.0309. The van der Waals surface area contributed by atoms with E-state index in [0.29, 0.717) is 38.3 Å². The van der Waals surface area contributed by atoms with Gasteiger partial charge in [0.1, 0.15) is 16.9 Å². The van der Waals surface area contributed by atoms with E-state index in [0.717, 1.165) is 17.8 Å². The third-order valence-electron chi connectivity index (χ3n) is 4.57. The first-order valence-corrected chi connectivity index (χ1v) is 9.53. The molecule has 1 fully saturated rings. The first kappa shape index (κ1) is 19.2. The van der Waals surface area contributed by atoms with Crippen molar-refractivity contribution in [3.05, 3.63) is 35.8 Å². The number of fused-ring (bicyclic) bond motifs is 1. The molecule has 0 aliphatic carbocycles. The largest absolute Gasteiger partial charge is 0.444 e. The fourth-order valence-electron chi connectivity index (χ4n) is 3.30. The SMILES string of the molecule is CCc1nc2ccccn2c1C(=O)N1CCCN(C(=O)OC(C)(C)C)CC1. The Hall–Kier alpha value is -2.57. The van der Waals surface area contributed by atoms with E-state index < -0.39 is 5.60 Å². The van der Waals surface area contributed by atoms with Crippen molar-refractivity contribution < 1.29 is 14.3 Å². The van der Waals surface area contributed by atoms with Crippen molar-refractivity contribution in [2.24, 2.45) is 0 Å². The average Bonchev–Trinajstić information content (AvgIpc) is 2.80. The van der Waals surface area contributed by atoms with E-state index in [9.17, 15) is 9.59 Å². The number of hydrogen-bond acceptors (Lipinski definition) is 4. The predicted molar refractivity (Wildman–Crippen MR) is 103 cm³/mol. The lowest BCUT2D eigenvalue weighted by Gasteiger charge is -2.26. The molecule has 1 aliphatic heterocycles. The molecule has 146 valence electrons. The summed E-state index contributed by atoms with van der Waals surface area (Å²) in [6.07, 6.45) is 2.98. The maximum Gasteiger partial charge on any atom is 0.410 e. The Balaban J connectivity index is 1.76. The van der Waals surface area contributed by atoms with Crippen molar-refractivity contribution >= 4 is 17.6 Å². The zero-order valence-corrected chi connectivity index (χ0v) is 16.6. The normalized spacial score (nSPS) is 15.7. The number of pyridine rings is 1. The molecule has 0 N–H and O–H groups in total. The van der Waals surface area contributed by atoms with Gasteiger partial charge >= 0.3 is 6.09 Å². The smallest absolute Gasteiger partial charge is 0.410 e. The van der Waals surface area contributed by atoms with Crippen LogP contribution in [-0.4, -0.2) is 63.0 Å². The Labute approximate surface area is 159 Å². The second kappa shape index (κ2) is 7.58. The van der Waals surface area contributed by atoms with Crippen LogP contribution in [0, 0.1) is 0 Å². The monoisotopic (exact) mass is 372 g/mol. The van der Waals surface area contributed by atoms with Gasteiger partial charge in [0.15, 0.2) is 0 Å². The summed E-state index contributed by atoms with van der Waals surface area (Å²) in [4.78, 5) is 33.7. The number of hydrogen-bond donors (Lipinski definition) is 0. The van der Waals surface area contributed by atoms with E-state index in [4.69, 9.17) is 4.74 Å². The molecule has 0 bridgehead atoms. The van der Waals surface area contributed by atoms with Crippen molar-refractivity contribution in [2.45, 2.75) is 46.1 Å². The summed E-state index contributed by atoms with van der Waals surface area (Å²) in [7, 11) is 0. The molecule has 1 saturated heterocycles. The predicted octanol–water partition coefficient (Wildman–Crippen LogP) is 2.98. The molecule has 7 heteroatoms. The highest BCUT2D eigenvalue weighted by atomic mass is 16.6. The van der Waals surface area contributed by atoms with Crippen molar-refractivity contribution in [1.82, 2.24) is 19.2 Å². The number of carbonyl (C=O) groups is 2. The van der Waals surface area contributed by atoms with Crippen molar-refractivity contribution in [3.63, 3.8) is 0 Å². The van der Waals surface area contributed by atoms with Crippen LogP contribution < -0.4 is 0 Å². The molecule has 3 rings (SSSR count). The van der Waals surface area contributed by atoms with Gasteiger partial charge in [-0.05, 0) is 45.7 Å². The molecule has 0 aromatic carbocycles. The summed E-state index contributed by atoms with van der Waals surface area (Å²) in [5, 5.41) is 0. The number of rotatable bonds is 2. The highest BCUT2D eigenvalue weighted by molar-refractivity contribution is 5.94. The molecule has 27 heavy (non-hydrogen) atoms. The lowest BCUT2D eigenvalue weighted by molar-refractivity contribution is 0.0255. The number of carbonyl (C=O) groups excluding carboxylic acids is 2. The van der Waals surface area contributed by atoms with E-state index >= 15 is 0 Å². The fraction of sp³-hybridized carbons (Fsp3) is 0.550. The molecule has 2 amide bonds. The van der Waals surface area contributed by atoms with Crippen LogP contribution in [0.2, 0.25) is 0 Å². The molecule has 2 aromatic heterocycles. The molecule has 7 nitrogen and oxygen atoms in total. The van der Waals surface area contributed by atoms with Crippen molar-refractivity contribution in [2.75, 3.05) is 26.2 Å². The van der Waals surface area contributed by atoms with Gasteiger partial charge in [0.05, 0.1) is 5.69 Å². The van der Waals surface area contributed by atoms with Gasteiger partial charge in [-0.25, -0.2) is 9.78 Å². The zero-order valence-electron chi connectivity index (χ0n) is 16.6. The van der Waals surface area contributed by atoms with E-state index in [-0.39, 0.29) is 12.0 Å². The molecule has 0 unspecified atom stereocenters. The van der Waals surface area contributed by atoms with Crippen LogP contribution in [0.4, 0.5) is 4.79 Å². The Bertz CT molecular complexity index is 837. The Morgan fingerprint density at radius 1 is 1.11 bits per heavy atom. The van der Waals surface area contributed by atoms with Crippen LogP contribution in [-0.2, 0) is 11.2 Å². The minimum atomic E-state index is -0.522. The molecule has 2 aromatic rings. The molecular formula is C20H28N4O3. The van der Waals surface area contributed by atoms with Crippen molar-refractivity contribution in [1.29, 1.82) is 0 Å². The maximum atomic E-state index is 13.2. The molecule has 3 heterocycles. The topological polar surface area (TPSA) is 67.2 Å². The van der Waals surface area contributed by atoms with Gasteiger partial charge < -0.3 is 14.5 Å². The molecule has 1 aliphatic rings. The molecule has 0 saturated carbocycles. The van der Waals surface area contributed by atoms with Gasteiger partial charge in [-0.2, -0.15) is 0 Å². The molecular weight excluding hydrogens is 344 g/mol. The number of aromatic nitrogens is 2. The standard InChI is InChI=1S/C20H28N4O3/c1-5-15-17(24-12-7-6-9-16(24)21-15)18(25)22-10-8-11-23(14-13-22)19(26)27-20(2,3)4/h6-7,9,12H,5,8,10-11,13-14H2,1-4H3. The minimum Gasteiger partial charge on any atom is -0.444 e. The third kappa shape index (κ3) is 4.23. The third-order valence-corrected chi connectivity index (χ3v) is 4.57. The maximum absolute atomic E-state index is 13.2. The molecule has 0 spiro atoms. The summed E-state index contributed by atoms with van der Waals surface area (Å²) >= 11 is 0. The highest BCUT2D eigenvalue weighted by Gasteiger charge is 2.28. The second-order valence-corrected chi connectivity index (χ2v) is 7.80. The van der Waals surface area contributed by atoms with Crippen LogP contribution in [0.15, 0.2) is 24.4 Å². The van der Waals surface area contributed by atoms with Crippen LogP contribution >= 0.6 is 0 Å². The van der Waals surface area contributed by atoms with E-state index in [1.165, 1.54) is 0 Å². The Morgan fingerprint density at radius 3 is 2.52 bits per heavy atom.